The molecule has 0 unspecified atom stereocenters. The average Bonchev–Trinajstić information content (AvgIpc) is 2.99. The number of nitrogen functional groups attached to an aromatic ring is 1. The van der Waals surface area contributed by atoms with Crippen molar-refractivity contribution in [3.63, 3.8) is 0 Å². The third kappa shape index (κ3) is 3.07. The second kappa shape index (κ2) is 6.29. The van der Waals surface area contributed by atoms with Crippen molar-refractivity contribution in [2.45, 2.75) is 12.8 Å². The van der Waals surface area contributed by atoms with Crippen molar-refractivity contribution in [1.82, 2.24) is 4.98 Å². The summed E-state index contributed by atoms with van der Waals surface area (Å²) in [4.78, 5) is 27.1. The molecule has 1 aromatic carbocycles. The number of primary amides is 1. The molecule has 122 valence electrons. The first-order valence-corrected chi connectivity index (χ1v) is 8.06. The molecular weight excluding hydrogens is 326 g/mol. The fraction of sp³-hybridized carbons (Fsp3) is 0.118. The highest BCUT2D eigenvalue weighted by atomic mass is 32.1. The highest BCUT2D eigenvalue weighted by Crippen LogP contribution is 2.37. The summed E-state index contributed by atoms with van der Waals surface area (Å²) in [5.74, 6) is -0.994. The fourth-order valence-electron chi connectivity index (χ4n) is 2.45. The number of thiophene rings is 1. The smallest absolute Gasteiger partial charge is 0.303 e. The SMILES string of the molecule is NC(=O)c1cnc(N)c2cc(-c3ccc(CCC(=O)O)cc3)sc12. The van der Waals surface area contributed by atoms with E-state index in [0.717, 1.165) is 20.7 Å². The van der Waals surface area contributed by atoms with Gasteiger partial charge in [-0.15, -0.1) is 11.3 Å². The maximum Gasteiger partial charge on any atom is 0.303 e. The van der Waals surface area contributed by atoms with Crippen LogP contribution in [0.25, 0.3) is 20.5 Å². The Morgan fingerprint density at radius 3 is 2.54 bits per heavy atom. The van der Waals surface area contributed by atoms with Crippen molar-refractivity contribution in [3.05, 3.63) is 47.7 Å². The van der Waals surface area contributed by atoms with Crippen LogP contribution in [0.5, 0.6) is 0 Å². The Morgan fingerprint density at radius 2 is 1.92 bits per heavy atom. The van der Waals surface area contributed by atoms with Crippen molar-refractivity contribution in [1.29, 1.82) is 0 Å². The lowest BCUT2D eigenvalue weighted by Crippen LogP contribution is -2.11. The number of hydrogen-bond acceptors (Lipinski definition) is 5. The standard InChI is InChI=1S/C17H15N3O3S/c18-16-11-7-13(24-15(11)12(8-20-16)17(19)23)10-4-1-9(2-5-10)3-6-14(21)22/h1-2,4-5,7-8H,3,6H2,(H2,18,20)(H2,19,23)(H,21,22). The fourth-order valence-corrected chi connectivity index (χ4v) is 3.64. The molecule has 0 bridgehead atoms. The number of hydrogen-bond donors (Lipinski definition) is 3. The first-order chi connectivity index (χ1) is 11.5. The number of aromatic nitrogens is 1. The van der Waals surface area contributed by atoms with Gasteiger partial charge in [0.25, 0.3) is 5.91 Å². The van der Waals surface area contributed by atoms with E-state index in [9.17, 15) is 9.59 Å². The number of benzene rings is 1. The summed E-state index contributed by atoms with van der Waals surface area (Å²) < 4.78 is 0.722. The Labute approximate surface area is 141 Å². The number of aryl methyl sites for hydroxylation is 1. The molecule has 6 nitrogen and oxygen atoms in total. The molecule has 5 N–H and O–H groups in total. The van der Waals surface area contributed by atoms with Gasteiger partial charge in [0.15, 0.2) is 0 Å². The van der Waals surface area contributed by atoms with Crippen molar-refractivity contribution >= 4 is 39.1 Å². The molecule has 0 aliphatic rings. The summed E-state index contributed by atoms with van der Waals surface area (Å²) in [5, 5.41) is 9.44. The summed E-state index contributed by atoms with van der Waals surface area (Å²) in [6.07, 6.45) is 1.99. The van der Waals surface area contributed by atoms with E-state index >= 15 is 0 Å². The zero-order valence-corrected chi connectivity index (χ0v) is 13.5. The van der Waals surface area contributed by atoms with E-state index in [2.05, 4.69) is 4.98 Å². The molecule has 3 aromatic rings. The summed E-state index contributed by atoms with van der Waals surface area (Å²) in [6, 6.07) is 9.55. The summed E-state index contributed by atoms with van der Waals surface area (Å²) in [7, 11) is 0. The van der Waals surface area contributed by atoms with E-state index in [-0.39, 0.29) is 6.42 Å². The Kier molecular flexibility index (Phi) is 4.18. The van der Waals surface area contributed by atoms with Gasteiger partial charge in [0.2, 0.25) is 0 Å². The van der Waals surface area contributed by atoms with Crippen LogP contribution in [0, 0.1) is 0 Å². The molecule has 0 aliphatic heterocycles. The van der Waals surface area contributed by atoms with Crippen LogP contribution in [0.15, 0.2) is 36.5 Å². The third-order valence-electron chi connectivity index (χ3n) is 3.72. The molecule has 0 fully saturated rings. The van der Waals surface area contributed by atoms with Crippen LogP contribution in [-0.2, 0) is 11.2 Å². The van der Waals surface area contributed by atoms with Gasteiger partial charge in [0.05, 0.1) is 10.3 Å². The molecule has 0 spiro atoms. The second-order valence-corrected chi connectivity index (χ2v) is 6.42. The molecule has 7 heteroatoms. The predicted molar refractivity (Wildman–Crippen MR) is 93.9 cm³/mol. The number of nitrogens with zero attached hydrogens (tertiary/aromatic N) is 1. The maximum absolute atomic E-state index is 11.5. The van der Waals surface area contributed by atoms with Crippen LogP contribution >= 0.6 is 11.3 Å². The van der Waals surface area contributed by atoms with Crippen molar-refractivity contribution in [2.75, 3.05) is 5.73 Å². The molecule has 0 saturated heterocycles. The summed E-state index contributed by atoms with van der Waals surface area (Å²) in [6.45, 7) is 0. The van der Waals surface area contributed by atoms with Crippen LogP contribution in [0.4, 0.5) is 5.82 Å². The molecule has 0 saturated carbocycles. The summed E-state index contributed by atoms with van der Waals surface area (Å²) >= 11 is 1.43. The van der Waals surface area contributed by atoms with Gasteiger partial charge >= 0.3 is 5.97 Å². The number of rotatable bonds is 5. The lowest BCUT2D eigenvalue weighted by Gasteiger charge is -2.01. The molecule has 3 rings (SSSR count). The molecule has 0 atom stereocenters. The van der Waals surface area contributed by atoms with Gasteiger partial charge in [0.1, 0.15) is 5.82 Å². The minimum atomic E-state index is -0.814. The minimum Gasteiger partial charge on any atom is -0.481 e. The largest absolute Gasteiger partial charge is 0.481 e. The van der Waals surface area contributed by atoms with Gasteiger partial charge < -0.3 is 16.6 Å². The van der Waals surface area contributed by atoms with E-state index in [1.54, 1.807) is 0 Å². The van der Waals surface area contributed by atoms with Crippen molar-refractivity contribution in [3.8, 4) is 10.4 Å². The highest BCUT2D eigenvalue weighted by molar-refractivity contribution is 7.22. The van der Waals surface area contributed by atoms with E-state index < -0.39 is 11.9 Å². The molecule has 0 aliphatic carbocycles. The van der Waals surface area contributed by atoms with Crippen LogP contribution in [0.2, 0.25) is 0 Å². The number of fused-ring (bicyclic) bond motifs is 1. The molecule has 2 aromatic heterocycles. The van der Waals surface area contributed by atoms with Crippen molar-refractivity contribution < 1.29 is 14.7 Å². The zero-order valence-electron chi connectivity index (χ0n) is 12.7. The van der Waals surface area contributed by atoms with Gasteiger partial charge in [-0.05, 0) is 23.6 Å². The third-order valence-corrected chi connectivity index (χ3v) is 4.93. The number of carboxylic acids is 1. The molecule has 0 radical (unpaired) electrons. The number of carbonyl (C=O) groups is 2. The average molecular weight is 341 g/mol. The zero-order chi connectivity index (χ0) is 17.3. The van der Waals surface area contributed by atoms with E-state index in [1.165, 1.54) is 17.5 Å². The number of pyridine rings is 1. The van der Waals surface area contributed by atoms with Crippen LogP contribution < -0.4 is 11.5 Å². The maximum atomic E-state index is 11.5. The second-order valence-electron chi connectivity index (χ2n) is 5.37. The van der Waals surface area contributed by atoms with Crippen molar-refractivity contribution in [2.24, 2.45) is 5.73 Å². The lowest BCUT2D eigenvalue weighted by atomic mass is 10.1. The number of carbonyl (C=O) groups excluding carboxylic acids is 1. The first-order valence-electron chi connectivity index (χ1n) is 7.24. The Hall–Kier alpha value is -2.93. The first kappa shape index (κ1) is 15.9. The van der Waals surface area contributed by atoms with Gasteiger partial charge in [-0.2, -0.15) is 0 Å². The number of aliphatic carboxylic acids is 1. The topological polar surface area (TPSA) is 119 Å². The van der Waals surface area contributed by atoms with Gasteiger partial charge in [-0.3, -0.25) is 9.59 Å². The quantitative estimate of drug-likeness (QED) is 0.659. The van der Waals surface area contributed by atoms with Gasteiger partial charge in [-0.25, -0.2) is 4.98 Å². The van der Waals surface area contributed by atoms with E-state index in [4.69, 9.17) is 16.6 Å². The van der Waals surface area contributed by atoms with Gasteiger partial charge in [-0.1, -0.05) is 24.3 Å². The number of carboxylic acid groups (broad SMARTS) is 1. The molecule has 24 heavy (non-hydrogen) atoms. The van der Waals surface area contributed by atoms with E-state index in [0.29, 0.717) is 23.2 Å². The molecular formula is C17H15N3O3S. The van der Waals surface area contributed by atoms with Gasteiger partial charge in [0, 0.05) is 22.9 Å². The Bertz CT molecular complexity index is 932. The molecule has 2 heterocycles. The monoisotopic (exact) mass is 341 g/mol. The minimum absolute atomic E-state index is 0.104. The Morgan fingerprint density at radius 1 is 1.21 bits per heavy atom. The summed E-state index contributed by atoms with van der Waals surface area (Å²) in [5.41, 5.74) is 13.6. The van der Waals surface area contributed by atoms with Crippen LogP contribution in [0.3, 0.4) is 0 Å². The molecule has 1 amide bonds. The number of anilines is 1. The van der Waals surface area contributed by atoms with E-state index in [1.807, 2.05) is 30.3 Å². The van der Waals surface area contributed by atoms with Crippen LogP contribution in [0.1, 0.15) is 22.3 Å². The highest BCUT2D eigenvalue weighted by Gasteiger charge is 2.14. The predicted octanol–water partition coefficient (Wildman–Crippen LogP) is 2.66. The normalized spacial score (nSPS) is 10.8. The number of amides is 1. The Balaban J connectivity index is 1.98. The number of nitrogens with two attached hydrogens (primary N) is 2. The van der Waals surface area contributed by atoms with Crippen LogP contribution in [-0.4, -0.2) is 22.0 Å². The lowest BCUT2D eigenvalue weighted by molar-refractivity contribution is -0.136.